The van der Waals surface area contributed by atoms with Gasteiger partial charge in [0, 0.05) is 12.1 Å². The van der Waals surface area contributed by atoms with E-state index in [1.165, 1.54) is 38.5 Å². The quantitative estimate of drug-likeness (QED) is 0.710. The van der Waals surface area contributed by atoms with Gasteiger partial charge < -0.3 is 10.4 Å². The molecule has 94 valence electrons. The highest BCUT2D eigenvalue weighted by Crippen LogP contribution is 2.25. The number of carbonyl (C=O) groups is 1. The van der Waals surface area contributed by atoms with Crippen molar-refractivity contribution in [3.8, 4) is 0 Å². The van der Waals surface area contributed by atoms with Crippen LogP contribution in [0.25, 0.3) is 0 Å². The van der Waals surface area contributed by atoms with E-state index in [4.69, 9.17) is 5.11 Å². The van der Waals surface area contributed by atoms with Crippen LogP contribution in [0.5, 0.6) is 0 Å². The number of hydrogen-bond acceptors (Lipinski definition) is 2. The smallest absolute Gasteiger partial charge is 0.304 e. The molecule has 3 heteroatoms. The van der Waals surface area contributed by atoms with Crippen molar-refractivity contribution in [1.82, 2.24) is 5.32 Å². The van der Waals surface area contributed by atoms with Crippen LogP contribution in [0.3, 0.4) is 0 Å². The second-order valence-electron chi connectivity index (χ2n) is 5.21. The molecular weight excluding hydrogens is 202 g/mol. The lowest BCUT2D eigenvalue weighted by atomic mass is 9.92. The summed E-state index contributed by atoms with van der Waals surface area (Å²) < 4.78 is 0. The molecule has 1 fully saturated rings. The Balaban J connectivity index is 2.31. The molecule has 1 rings (SSSR count). The van der Waals surface area contributed by atoms with E-state index in [1.807, 2.05) is 6.92 Å². The van der Waals surface area contributed by atoms with Crippen LogP contribution < -0.4 is 5.32 Å². The molecule has 0 bridgehead atoms. The molecule has 1 saturated carbocycles. The molecule has 1 aliphatic rings. The van der Waals surface area contributed by atoms with Crippen molar-refractivity contribution in [2.75, 3.05) is 0 Å². The molecular formula is C13H25NO2. The van der Waals surface area contributed by atoms with Crippen molar-refractivity contribution < 1.29 is 9.90 Å². The zero-order valence-electron chi connectivity index (χ0n) is 10.5. The summed E-state index contributed by atoms with van der Waals surface area (Å²) in [7, 11) is 0. The van der Waals surface area contributed by atoms with Crippen LogP contribution in [0.15, 0.2) is 0 Å². The Morgan fingerprint density at radius 3 is 2.31 bits per heavy atom. The summed E-state index contributed by atoms with van der Waals surface area (Å²) in [5.74, 6) is 0.0202. The van der Waals surface area contributed by atoms with Gasteiger partial charge in [0.25, 0.3) is 0 Å². The van der Waals surface area contributed by atoms with E-state index in [-0.39, 0.29) is 12.5 Å². The Morgan fingerprint density at radius 1 is 1.25 bits per heavy atom. The third kappa shape index (κ3) is 4.97. The molecule has 0 aromatic rings. The molecule has 0 radical (unpaired) electrons. The van der Waals surface area contributed by atoms with E-state index in [1.54, 1.807) is 0 Å². The minimum Gasteiger partial charge on any atom is -0.481 e. The van der Waals surface area contributed by atoms with Gasteiger partial charge in [-0.1, -0.05) is 25.7 Å². The van der Waals surface area contributed by atoms with Gasteiger partial charge in [-0.2, -0.15) is 0 Å². The fourth-order valence-corrected chi connectivity index (χ4v) is 2.72. The summed E-state index contributed by atoms with van der Waals surface area (Å²) in [5.41, 5.74) is 0. The highest BCUT2D eigenvalue weighted by molar-refractivity contribution is 5.67. The lowest BCUT2D eigenvalue weighted by Crippen LogP contribution is -2.40. The van der Waals surface area contributed by atoms with Gasteiger partial charge >= 0.3 is 5.97 Å². The van der Waals surface area contributed by atoms with Gasteiger partial charge in [-0.3, -0.25) is 4.79 Å². The Labute approximate surface area is 98.6 Å². The van der Waals surface area contributed by atoms with Crippen LogP contribution in [-0.2, 0) is 4.79 Å². The Morgan fingerprint density at radius 2 is 1.81 bits per heavy atom. The van der Waals surface area contributed by atoms with E-state index in [9.17, 15) is 4.79 Å². The zero-order valence-corrected chi connectivity index (χ0v) is 10.5. The molecule has 0 aromatic carbocycles. The van der Waals surface area contributed by atoms with Crippen LogP contribution in [0.2, 0.25) is 0 Å². The lowest BCUT2D eigenvalue weighted by molar-refractivity contribution is -0.137. The van der Waals surface area contributed by atoms with Gasteiger partial charge in [0.15, 0.2) is 0 Å². The first-order valence-electron chi connectivity index (χ1n) is 6.57. The zero-order chi connectivity index (χ0) is 12.0. The van der Waals surface area contributed by atoms with Crippen molar-refractivity contribution in [2.24, 2.45) is 5.92 Å². The lowest BCUT2D eigenvalue weighted by Gasteiger charge is -2.26. The topological polar surface area (TPSA) is 49.3 Å². The first-order valence-corrected chi connectivity index (χ1v) is 6.57. The van der Waals surface area contributed by atoms with E-state index >= 15 is 0 Å². The minimum atomic E-state index is -0.715. The molecule has 2 atom stereocenters. The Hall–Kier alpha value is -0.570. The van der Waals surface area contributed by atoms with Gasteiger partial charge in [-0.15, -0.1) is 0 Å². The molecule has 16 heavy (non-hydrogen) atoms. The maximum absolute atomic E-state index is 10.6. The summed E-state index contributed by atoms with van der Waals surface area (Å²) in [6, 6.07) is 0.531. The molecule has 0 amide bonds. The number of rotatable bonds is 5. The van der Waals surface area contributed by atoms with Crippen LogP contribution in [0.1, 0.15) is 58.8 Å². The number of carboxylic acid groups (broad SMARTS) is 1. The molecule has 1 unspecified atom stereocenters. The standard InChI is InChI=1S/C13H25NO2/c1-10(9-13(15)16)14-11(2)12-7-5-3-4-6-8-12/h10-12,14H,3-9H2,1-2H3,(H,15,16)/t10?,11-/m0/s1. The van der Waals surface area contributed by atoms with Crippen molar-refractivity contribution in [1.29, 1.82) is 0 Å². The fraction of sp³-hybridized carbons (Fsp3) is 0.923. The van der Waals surface area contributed by atoms with Gasteiger partial charge in [0.2, 0.25) is 0 Å². The van der Waals surface area contributed by atoms with Crippen molar-refractivity contribution in [2.45, 2.75) is 70.9 Å². The number of carboxylic acids is 1. The van der Waals surface area contributed by atoms with Crippen molar-refractivity contribution in [3.63, 3.8) is 0 Å². The normalized spacial score (nSPS) is 22.4. The predicted octanol–water partition coefficient (Wildman–Crippen LogP) is 2.80. The van der Waals surface area contributed by atoms with Crippen LogP contribution >= 0.6 is 0 Å². The van der Waals surface area contributed by atoms with E-state index in [0.29, 0.717) is 6.04 Å². The first-order chi connectivity index (χ1) is 7.59. The summed E-state index contributed by atoms with van der Waals surface area (Å²) in [5, 5.41) is 12.1. The van der Waals surface area contributed by atoms with Gasteiger partial charge in [-0.05, 0) is 32.6 Å². The van der Waals surface area contributed by atoms with Crippen molar-refractivity contribution >= 4 is 5.97 Å². The monoisotopic (exact) mass is 227 g/mol. The van der Waals surface area contributed by atoms with E-state index in [0.717, 1.165) is 5.92 Å². The molecule has 0 aliphatic heterocycles. The SMILES string of the molecule is CC(CC(=O)O)N[C@@H](C)C1CCCCCC1. The highest BCUT2D eigenvalue weighted by Gasteiger charge is 2.20. The molecule has 0 spiro atoms. The van der Waals surface area contributed by atoms with E-state index in [2.05, 4.69) is 12.2 Å². The molecule has 3 nitrogen and oxygen atoms in total. The molecule has 0 heterocycles. The average molecular weight is 227 g/mol. The Kier molecular flexibility index (Phi) is 5.81. The third-order valence-electron chi connectivity index (χ3n) is 3.64. The number of nitrogens with one attached hydrogen (secondary N) is 1. The molecule has 2 N–H and O–H groups in total. The summed E-state index contributed by atoms with van der Waals surface area (Å²) in [6.45, 7) is 4.16. The first kappa shape index (κ1) is 13.5. The number of hydrogen-bond donors (Lipinski definition) is 2. The minimum absolute atomic E-state index is 0.0794. The maximum atomic E-state index is 10.6. The molecule has 0 saturated heterocycles. The summed E-state index contributed by atoms with van der Waals surface area (Å²) in [6.07, 6.45) is 8.23. The van der Waals surface area contributed by atoms with Crippen molar-refractivity contribution in [3.05, 3.63) is 0 Å². The maximum Gasteiger partial charge on any atom is 0.304 e. The summed E-state index contributed by atoms with van der Waals surface area (Å²) in [4.78, 5) is 10.6. The molecule has 1 aliphatic carbocycles. The van der Waals surface area contributed by atoms with Crippen LogP contribution in [-0.4, -0.2) is 23.2 Å². The van der Waals surface area contributed by atoms with E-state index < -0.39 is 5.97 Å². The third-order valence-corrected chi connectivity index (χ3v) is 3.64. The fourth-order valence-electron chi connectivity index (χ4n) is 2.72. The van der Waals surface area contributed by atoms with Gasteiger partial charge in [0.05, 0.1) is 6.42 Å². The number of aliphatic carboxylic acids is 1. The van der Waals surface area contributed by atoms with Gasteiger partial charge in [0.1, 0.15) is 0 Å². The highest BCUT2D eigenvalue weighted by atomic mass is 16.4. The predicted molar refractivity (Wildman–Crippen MR) is 65.5 cm³/mol. The second-order valence-corrected chi connectivity index (χ2v) is 5.21. The Bertz CT molecular complexity index is 210. The average Bonchev–Trinajstić information content (AvgIpc) is 2.43. The van der Waals surface area contributed by atoms with Crippen LogP contribution in [0.4, 0.5) is 0 Å². The van der Waals surface area contributed by atoms with Crippen LogP contribution in [0, 0.1) is 5.92 Å². The summed E-state index contributed by atoms with van der Waals surface area (Å²) >= 11 is 0. The largest absolute Gasteiger partial charge is 0.481 e. The molecule has 0 aromatic heterocycles. The van der Waals surface area contributed by atoms with Gasteiger partial charge in [-0.25, -0.2) is 0 Å². The second kappa shape index (κ2) is 6.89.